The maximum absolute atomic E-state index is 13.8. The topological polar surface area (TPSA) is 76.0 Å². The van der Waals surface area contributed by atoms with E-state index >= 15 is 0 Å². The second kappa shape index (κ2) is 8.24. The van der Waals surface area contributed by atoms with Crippen LogP contribution in [0.2, 0.25) is 0 Å². The Bertz CT molecular complexity index is 1070. The number of nitrogens with one attached hydrogen (secondary N) is 2. The Morgan fingerprint density at radius 2 is 2.17 bits per heavy atom. The van der Waals surface area contributed by atoms with E-state index in [-0.39, 0.29) is 17.6 Å². The summed E-state index contributed by atoms with van der Waals surface area (Å²) in [4.78, 5) is 25.1. The quantitative estimate of drug-likeness (QED) is 0.676. The number of nitrogens with zero attached hydrogens (tertiary/aromatic N) is 2. The summed E-state index contributed by atoms with van der Waals surface area (Å²) >= 11 is 1.38. The highest BCUT2D eigenvalue weighted by Crippen LogP contribution is 2.24. The Morgan fingerprint density at radius 1 is 1.34 bits per heavy atom. The summed E-state index contributed by atoms with van der Waals surface area (Å²) in [5.74, 6) is -0.394. The average Bonchev–Trinajstić information content (AvgIpc) is 3.13. The number of carbonyl (C=O) groups is 2. The van der Waals surface area contributed by atoms with Crippen molar-refractivity contribution in [2.75, 3.05) is 11.1 Å². The largest absolute Gasteiger partial charge is 0.343 e. The van der Waals surface area contributed by atoms with Crippen molar-refractivity contribution in [3.63, 3.8) is 0 Å². The molecule has 29 heavy (non-hydrogen) atoms. The number of hydrogen-bond acceptors (Lipinski definition) is 4. The van der Waals surface area contributed by atoms with E-state index in [0.717, 1.165) is 17.4 Å². The van der Waals surface area contributed by atoms with Gasteiger partial charge in [-0.25, -0.2) is 4.39 Å². The van der Waals surface area contributed by atoms with Gasteiger partial charge in [-0.1, -0.05) is 18.2 Å². The van der Waals surface area contributed by atoms with Gasteiger partial charge in [-0.2, -0.15) is 5.10 Å². The van der Waals surface area contributed by atoms with Crippen LogP contribution in [0.4, 0.5) is 10.1 Å². The van der Waals surface area contributed by atoms with Gasteiger partial charge in [0, 0.05) is 23.4 Å². The molecule has 1 fully saturated rings. The molecular formula is C21H21FN4O2S. The minimum Gasteiger partial charge on any atom is -0.343 e. The van der Waals surface area contributed by atoms with Gasteiger partial charge in [0.1, 0.15) is 11.9 Å². The summed E-state index contributed by atoms with van der Waals surface area (Å²) in [6.45, 7) is 2.74. The SMILES string of the molecule is CCn1ncc2ccc(NC(=O)[C@H]3CS[C@H](Cc4ccccc4F)C(=O)N3)cc21. The van der Waals surface area contributed by atoms with Gasteiger partial charge in [-0.3, -0.25) is 14.3 Å². The number of anilines is 1. The molecule has 1 aliphatic rings. The third-order valence-corrected chi connectivity index (χ3v) is 6.27. The molecule has 2 N–H and O–H groups in total. The molecule has 1 saturated heterocycles. The molecule has 0 radical (unpaired) electrons. The standard InChI is InChI=1S/C21H21FN4O2S/c1-2-26-18-10-15(8-7-14(18)11-23-26)24-20(27)17-12-29-19(21(28)25-17)9-13-5-3-4-6-16(13)22/h3-8,10-11,17,19H,2,9,12H2,1H3,(H,24,27)(H,25,28)/t17-,19-/m1/s1. The van der Waals surface area contributed by atoms with Crippen molar-refractivity contribution in [3.05, 3.63) is 60.0 Å². The monoisotopic (exact) mass is 412 g/mol. The summed E-state index contributed by atoms with van der Waals surface area (Å²) in [6.07, 6.45) is 2.09. The van der Waals surface area contributed by atoms with Crippen molar-refractivity contribution in [2.24, 2.45) is 0 Å². The van der Waals surface area contributed by atoms with Gasteiger partial charge in [0.2, 0.25) is 11.8 Å². The Labute approximate surface area is 171 Å². The molecule has 2 aromatic carbocycles. The number of halogens is 1. The zero-order valence-electron chi connectivity index (χ0n) is 15.9. The zero-order valence-corrected chi connectivity index (χ0v) is 16.7. The molecule has 1 aromatic heterocycles. The summed E-state index contributed by atoms with van der Waals surface area (Å²) in [6, 6.07) is 11.4. The molecule has 2 amide bonds. The Balaban J connectivity index is 1.39. The smallest absolute Gasteiger partial charge is 0.247 e. The molecule has 0 bridgehead atoms. The van der Waals surface area contributed by atoms with Gasteiger partial charge in [0.25, 0.3) is 0 Å². The minimum absolute atomic E-state index is 0.246. The van der Waals surface area contributed by atoms with Gasteiger partial charge in [-0.05, 0) is 43.2 Å². The van der Waals surface area contributed by atoms with E-state index in [1.54, 1.807) is 24.4 Å². The number of amides is 2. The zero-order chi connectivity index (χ0) is 20.4. The van der Waals surface area contributed by atoms with Gasteiger partial charge >= 0.3 is 0 Å². The molecule has 3 aromatic rings. The van der Waals surface area contributed by atoms with Crippen LogP contribution in [-0.4, -0.2) is 38.6 Å². The van der Waals surface area contributed by atoms with E-state index in [1.807, 2.05) is 29.8 Å². The molecule has 0 aliphatic carbocycles. The van der Waals surface area contributed by atoms with E-state index in [2.05, 4.69) is 15.7 Å². The molecule has 2 heterocycles. The van der Waals surface area contributed by atoms with Crippen LogP contribution in [0.25, 0.3) is 10.9 Å². The fourth-order valence-corrected chi connectivity index (χ4v) is 4.56. The van der Waals surface area contributed by atoms with Crippen LogP contribution in [0, 0.1) is 5.82 Å². The summed E-state index contributed by atoms with van der Waals surface area (Å²) in [5, 5.41) is 10.5. The van der Waals surface area contributed by atoms with Gasteiger partial charge in [0.15, 0.2) is 0 Å². The molecule has 2 atom stereocenters. The van der Waals surface area contributed by atoms with Crippen molar-refractivity contribution in [3.8, 4) is 0 Å². The number of fused-ring (bicyclic) bond motifs is 1. The van der Waals surface area contributed by atoms with Gasteiger partial charge < -0.3 is 10.6 Å². The van der Waals surface area contributed by atoms with Gasteiger partial charge in [-0.15, -0.1) is 11.8 Å². The van der Waals surface area contributed by atoms with E-state index < -0.39 is 11.3 Å². The van der Waals surface area contributed by atoms with Crippen LogP contribution >= 0.6 is 11.8 Å². The first-order valence-electron chi connectivity index (χ1n) is 9.47. The Hall–Kier alpha value is -2.87. The summed E-state index contributed by atoms with van der Waals surface area (Å²) in [5.41, 5.74) is 2.10. The molecule has 8 heteroatoms. The van der Waals surface area contributed by atoms with Crippen LogP contribution < -0.4 is 10.6 Å². The summed E-state index contributed by atoms with van der Waals surface area (Å²) in [7, 11) is 0. The number of aryl methyl sites for hydroxylation is 1. The maximum Gasteiger partial charge on any atom is 0.247 e. The lowest BCUT2D eigenvalue weighted by Crippen LogP contribution is -2.52. The normalized spacial score (nSPS) is 19.2. The summed E-state index contributed by atoms with van der Waals surface area (Å²) < 4.78 is 15.7. The van der Waals surface area contributed by atoms with Crippen LogP contribution in [0.1, 0.15) is 12.5 Å². The third-order valence-electron chi connectivity index (χ3n) is 4.96. The Morgan fingerprint density at radius 3 is 2.93 bits per heavy atom. The number of aromatic nitrogens is 2. The lowest BCUT2D eigenvalue weighted by Gasteiger charge is -2.28. The second-order valence-corrected chi connectivity index (χ2v) is 8.14. The van der Waals surface area contributed by atoms with Crippen molar-refractivity contribution in [1.82, 2.24) is 15.1 Å². The first kappa shape index (κ1) is 19.4. The van der Waals surface area contributed by atoms with E-state index in [9.17, 15) is 14.0 Å². The van der Waals surface area contributed by atoms with E-state index in [1.165, 1.54) is 17.8 Å². The highest BCUT2D eigenvalue weighted by molar-refractivity contribution is 8.00. The molecule has 1 aliphatic heterocycles. The first-order valence-corrected chi connectivity index (χ1v) is 10.5. The molecule has 0 unspecified atom stereocenters. The average molecular weight is 412 g/mol. The Kier molecular flexibility index (Phi) is 5.53. The molecule has 0 saturated carbocycles. The van der Waals surface area contributed by atoms with Crippen LogP contribution in [0.3, 0.4) is 0 Å². The molecule has 150 valence electrons. The lowest BCUT2D eigenvalue weighted by molar-refractivity contribution is -0.126. The molecular weight excluding hydrogens is 391 g/mol. The minimum atomic E-state index is -0.629. The van der Waals surface area contributed by atoms with E-state index in [4.69, 9.17) is 0 Å². The maximum atomic E-state index is 13.8. The first-order chi connectivity index (χ1) is 14.0. The number of benzene rings is 2. The van der Waals surface area contributed by atoms with Crippen molar-refractivity contribution < 1.29 is 14.0 Å². The molecule has 4 rings (SSSR count). The predicted octanol–water partition coefficient (Wildman–Crippen LogP) is 2.98. The van der Waals surface area contributed by atoms with E-state index in [0.29, 0.717) is 23.4 Å². The lowest BCUT2D eigenvalue weighted by atomic mass is 10.1. The predicted molar refractivity (Wildman–Crippen MR) is 112 cm³/mol. The third kappa shape index (κ3) is 4.12. The fourth-order valence-electron chi connectivity index (χ4n) is 3.38. The van der Waals surface area contributed by atoms with Crippen LogP contribution in [0.5, 0.6) is 0 Å². The highest BCUT2D eigenvalue weighted by atomic mass is 32.2. The number of hydrogen-bond donors (Lipinski definition) is 2. The number of rotatable bonds is 5. The van der Waals surface area contributed by atoms with Crippen molar-refractivity contribution in [1.29, 1.82) is 0 Å². The second-order valence-electron chi connectivity index (χ2n) is 6.90. The van der Waals surface area contributed by atoms with Crippen LogP contribution in [0.15, 0.2) is 48.7 Å². The highest BCUT2D eigenvalue weighted by Gasteiger charge is 2.32. The number of carbonyl (C=O) groups excluding carboxylic acids is 2. The van der Waals surface area contributed by atoms with Crippen molar-refractivity contribution in [2.45, 2.75) is 31.2 Å². The number of thioether (sulfide) groups is 1. The molecule has 0 spiro atoms. The fraction of sp³-hybridized carbons (Fsp3) is 0.286. The van der Waals surface area contributed by atoms with Crippen LogP contribution in [-0.2, 0) is 22.6 Å². The van der Waals surface area contributed by atoms with Gasteiger partial charge in [0.05, 0.1) is 17.0 Å². The molecule has 6 nitrogen and oxygen atoms in total. The van der Waals surface area contributed by atoms with Crippen molar-refractivity contribution >= 4 is 40.2 Å².